The maximum atomic E-state index is 11.2. The molecule has 110 valence electrons. The first kappa shape index (κ1) is 14.9. The molecule has 2 rings (SSSR count). The van der Waals surface area contributed by atoms with Gasteiger partial charge in [-0.25, -0.2) is 9.97 Å². The lowest BCUT2D eigenvalue weighted by Crippen LogP contribution is -2.10. The van der Waals surface area contributed by atoms with Crippen LogP contribution in [0.3, 0.4) is 0 Å². The lowest BCUT2D eigenvalue weighted by molar-refractivity contribution is -0.385. The van der Waals surface area contributed by atoms with E-state index in [0.29, 0.717) is 5.56 Å². The minimum atomic E-state index is -0.470. The standard InChI is InChI=1S/C15H18N4O2/c1-9-13(19(20)21)12(18-14(16)17-9)10-5-7-11(8-6-10)15(2,3)4/h5-8H,1-4H3,(H2,16,17,18). The zero-order chi connectivity index (χ0) is 15.8. The third kappa shape index (κ3) is 2.99. The van der Waals surface area contributed by atoms with E-state index in [4.69, 9.17) is 5.73 Å². The van der Waals surface area contributed by atoms with Gasteiger partial charge in [0, 0.05) is 5.56 Å². The molecule has 0 saturated carbocycles. The van der Waals surface area contributed by atoms with Crippen LogP contribution < -0.4 is 5.73 Å². The van der Waals surface area contributed by atoms with Crippen LogP contribution in [-0.2, 0) is 5.41 Å². The Hall–Kier alpha value is -2.50. The highest BCUT2D eigenvalue weighted by Crippen LogP contribution is 2.32. The third-order valence-corrected chi connectivity index (χ3v) is 3.28. The van der Waals surface area contributed by atoms with E-state index in [1.54, 1.807) is 6.92 Å². The molecule has 0 bridgehead atoms. The summed E-state index contributed by atoms with van der Waals surface area (Å²) in [7, 11) is 0. The summed E-state index contributed by atoms with van der Waals surface area (Å²) < 4.78 is 0. The maximum Gasteiger partial charge on any atom is 0.316 e. The number of aromatic nitrogens is 2. The fourth-order valence-corrected chi connectivity index (χ4v) is 2.14. The van der Waals surface area contributed by atoms with Crippen LogP contribution in [0.1, 0.15) is 32.0 Å². The number of nitrogens with two attached hydrogens (primary N) is 1. The van der Waals surface area contributed by atoms with Crippen LogP contribution in [0, 0.1) is 17.0 Å². The SMILES string of the molecule is Cc1nc(N)nc(-c2ccc(C(C)(C)C)cc2)c1[N+](=O)[O-]. The third-order valence-electron chi connectivity index (χ3n) is 3.28. The largest absolute Gasteiger partial charge is 0.368 e. The van der Waals surface area contributed by atoms with Crippen molar-refractivity contribution >= 4 is 11.6 Å². The normalized spacial score (nSPS) is 11.4. The molecule has 6 heteroatoms. The summed E-state index contributed by atoms with van der Waals surface area (Å²) in [6, 6.07) is 7.56. The van der Waals surface area contributed by atoms with Gasteiger partial charge in [-0.1, -0.05) is 45.0 Å². The molecule has 0 fully saturated rings. The molecule has 1 heterocycles. The Bertz CT molecular complexity index is 688. The van der Waals surface area contributed by atoms with E-state index in [0.717, 1.165) is 5.56 Å². The van der Waals surface area contributed by atoms with Crippen molar-refractivity contribution in [2.45, 2.75) is 33.1 Å². The number of rotatable bonds is 2. The van der Waals surface area contributed by atoms with Gasteiger partial charge in [0.25, 0.3) is 0 Å². The highest BCUT2D eigenvalue weighted by Gasteiger charge is 2.23. The summed E-state index contributed by atoms with van der Waals surface area (Å²) in [5, 5.41) is 11.2. The molecule has 0 aliphatic heterocycles. The van der Waals surface area contributed by atoms with Crippen LogP contribution in [0.25, 0.3) is 11.3 Å². The number of aryl methyl sites for hydroxylation is 1. The van der Waals surface area contributed by atoms with Crippen LogP contribution in [0.5, 0.6) is 0 Å². The van der Waals surface area contributed by atoms with Gasteiger partial charge in [-0.3, -0.25) is 10.1 Å². The van der Waals surface area contributed by atoms with Crippen molar-refractivity contribution in [1.29, 1.82) is 0 Å². The Kier molecular flexibility index (Phi) is 3.63. The quantitative estimate of drug-likeness (QED) is 0.675. The van der Waals surface area contributed by atoms with E-state index in [2.05, 4.69) is 30.7 Å². The number of benzene rings is 1. The van der Waals surface area contributed by atoms with Crippen LogP contribution in [0.15, 0.2) is 24.3 Å². The van der Waals surface area contributed by atoms with Crippen molar-refractivity contribution in [1.82, 2.24) is 9.97 Å². The van der Waals surface area contributed by atoms with Crippen molar-refractivity contribution < 1.29 is 4.92 Å². The molecule has 0 spiro atoms. The van der Waals surface area contributed by atoms with Crippen LogP contribution in [0.2, 0.25) is 0 Å². The Labute approximate surface area is 123 Å². The van der Waals surface area contributed by atoms with Gasteiger partial charge in [-0.15, -0.1) is 0 Å². The molecule has 21 heavy (non-hydrogen) atoms. The number of hydrogen-bond donors (Lipinski definition) is 1. The summed E-state index contributed by atoms with van der Waals surface area (Å²) in [6.07, 6.45) is 0. The average molecular weight is 286 g/mol. The molecule has 0 radical (unpaired) electrons. The highest BCUT2D eigenvalue weighted by atomic mass is 16.6. The van der Waals surface area contributed by atoms with E-state index >= 15 is 0 Å². The van der Waals surface area contributed by atoms with Crippen LogP contribution in [-0.4, -0.2) is 14.9 Å². The van der Waals surface area contributed by atoms with Gasteiger partial charge in [0.05, 0.1) is 4.92 Å². The molecule has 1 aromatic heterocycles. The Morgan fingerprint density at radius 1 is 1.14 bits per heavy atom. The molecule has 0 unspecified atom stereocenters. The highest BCUT2D eigenvalue weighted by molar-refractivity contribution is 5.72. The van der Waals surface area contributed by atoms with Crippen molar-refractivity contribution in [2.24, 2.45) is 0 Å². The monoisotopic (exact) mass is 286 g/mol. The van der Waals surface area contributed by atoms with Gasteiger partial charge in [-0.05, 0) is 17.9 Å². The summed E-state index contributed by atoms with van der Waals surface area (Å²) in [4.78, 5) is 18.7. The topological polar surface area (TPSA) is 94.9 Å². The van der Waals surface area contributed by atoms with Gasteiger partial charge in [0.1, 0.15) is 5.69 Å². The second-order valence-corrected chi connectivity index (χ2v) is 5.95. The lowest BCUT2D eigenvalue weighted by Gasteiger charge is -2.19. The molecule has 0 atom stereocenters. The number of nitrogens with zero attached hydrogens (tertiary/aromatic N) is 3. The van der Waals surface area contributed by atoms with E-state index < -0.39 is 4.92 Å². The van der Waals surface area contributed by atoms with Gasteiger partial charge < -0.3 is 5.73 Å². The van der Waals surface area contributed by atoms with E-state index in [1.807, 2.05) is 24.3 Å². The molecule has 0 saturated heterocycles. The zero-order valence-corrected chi connectivity index (χ0v) is 12.5. The van der Waals surface area contributed by atoms with Gasteiger partial charge in [0.2, 0.25) is 5.95 Å². The van der Waals surface area contributed by atoms with Crippen molar-refractivity contribution in [2.75, 3.05) is 5.73 Å². The smallest absolute Gasteiger partial charge is 0.316 e. The van der Waals surface area contributed by atoms with E-state index in [1.165, 1.54) is 0 Å². The lowest BCUT2D eigenvalue weighted by atomic mass is 9.86. The van der Waals surface area contributed by atoms with Crippen molar-refractivity contribution in [3.05, 3.63) is 45.6 Å². The van der Waals surface area contributed by atoms with Crippen LogP contribution >= 0.6 is 0 Å². The minimum absolute atomic E-state index is 0.0189. The molecule has 6 nitrogen and oxygen atoms in total. The molecular formula is C15H18N4O2. The maximum absolute atomic E-state index is 11.2. The minimum Gasteiger partial charge on any atom is -0.368 e. The molecule has 2 N–H and O–H groups in total. The van der Waals surface area contributed by atoms with Crippen molar-refractivity contribution in [3.63, 3.8) is 0 Å². The first-order valence-corrected chi connectivity index (χ1v) is 6.59. The predicted octanol–water partition coefficient (Wildman–Crippen LogP) is 3.24. The fraction of sp³-hybridized carbons (Fsp3) is 0.333. The fourth-order valence-electron chi connectivity index (χ4n) is 2.14. The second kappa shape index (κ2) is 5.12. The molecule has 0 aliphatic rings. The predicted molar refractivity (Wildman–Crippen MR) is 82.0 cm³/mol. The van der Waals surface area contributed by atoms with Gasteiger partial charge in [0.15, 0.2) is 5.69 Å². The summed E-state index contributed by atoms with van der Waals surface area (Å²) >= 11 is 0. The molecule has 2 aromatic rings. The first-order valence-electron chi connectivity index (χ1n) is 6.59. The summed E-state index contributed by atoms with van der Waals surface area (Å²) in [5.74, 6) is 0.0352. The molecule has 0 amide bonds. The van der Waals surface area contributed by atoms with E-state index in [9.17, 15) is 10.1 Å². The Balaban J connectivity index is 2.59. The summed E-state index contributed by atoms with van der Waals surface area (Å²) in [6.45, 7) is 7.88. The molecule has 0 aliphatic carbocycles. The van der Waals surface area contributed by atoms with E-state index in [-0.39, 0.29) is 28.4 Å². The first-order chi connectivity index (χ1) is 9.70. The van der Waals surface area contributed by atoms with Gasteiger partial charge >= 0.3 is 5.69 Å². The zero-order valence-electron chi connectivity index (χ0n) is 12.5. The second-order valence-electron chi connectivity index (χ2n) is 5.95. The van der Waals surface area contributed by atoms with Gasteiger partial charge in [-0.2, -0.15) is 0 Å². The number of nitro groups is 1. The summed E-state index contributed by atoms with van der Waals surface area (Å²) in [5.41, 5.74) is 7.86. The number of hydrogen-bond acceptors (Lipinski definition) is 5. The Morgan fingerprint density at radius 2 is 1.71 bits per heavy atom. The number of nitrogen functional groups attached to an aromatic ring is 1. The molecular weight excluding hydrogens is 268 g/mol. The number of anilines is 1. The molecule has 1 aromatic carbocycles. The Morgan fingerprint density at radius 3 is 2.19 bits per heavy atom. The van der Waals surface area contributed by atoms with Crippen molar-refractivity contribution in [3.8, 4) is 11.3 Å². The van der Waals surface area contributed by atoms with Crippen LogP contribution in [0.4, 0.5) is 11.6 Å². The average Bonchev–Trinajstić information content (AvgIpc) is 2.36.